The lowest BCUT2D eigenvalue weighted by Gasteiger charge is -2.23. The SMILES string of the molecule is c1ccc(-c2ccc(-n3c4ccccc4c4cccc(NC5CCc6ccccc6-c6cc7c(cc65)sc5ccccc57)c43)cc2)cc1. The van der Waals surface area contributed by atoms with Crippen LogP contribution < -0.4 is 5.32 Å². The van der Waals surface area contributed by atoms with Crippen LogP contribution in [-0.2, 0) is 6.42 Å². The van der Waals surface area contributed by atoms with E-state index in [1.165, 1.54) is 75.4 Å². The Hall–Kier alpha value is -5.64. The minimum absolute atomic E-state index is 0.152. The normalized spacial score (nSPS) is 14.3. The molecule has 1 aliphatic carbocycles. The van der Waals surface area contributed by atoms with E-state index in [-0.39, 0.29) is 6.04 Å². The van der Waals surface area contributed by atoms with Crippen LogP contribution in [0.5, 0.6) is 0 Å². The van der Waals surface area contributed by atoms with Crippen molar-refractivity contribution in [1.82, 2.24) is 4.57 Å². The molecular weight excluding hydrogens is 601 g/mol. The average molecular weight is 633 g/mol. The third-order valence-electron chi connectivity index (χ3n) is 10.2. The zero-order valence-corrected chi connectivity index (χ0v) is 27.2. The van der Waals surface area contributed by atoms with Crippen LogP contribution in [0, 0.1) is 0 Å². The Labute approximate surface area is 283 Å². The number of hydrogen-bond donors (Lipinski definition) is 1. The Morgan fingerprint density at radius 3 is 2.17 bits per heavy atom. The molecule has 0 amide bonds. The second-order valence-electron chi connectivity index (χ2n) is 12.9. The second kappa shape index (κ2) is 11.0. The molecule has 0 fully saturated rings. The molecule has 1 unspecified atom stereocenters. The summed E-state index contributed by atoms with van der Waals surface area (Å²) in [4.78, 5) is 0. The van der Waals surface area contributed by atoms with E-state index in [4.69, 9.17) is 0 Å². The summed E-state index contributed by atoms with van der Waals surface area (Å²) in [6, 6.07) is 58.1. The first-order chi connectivity index (χ1) is 23.8. The lowest BCUT2D eigenvalue weighted by molar-refractivity contribution is 0.704. The van der Waals surface area contributed by atoms with Gasteiger partial charge in [-0.1, -0.05) is 115 Å². The summed E-state index contributed by atoms with van der Waals surface area (Å²) < 4.78 is 5.15. The number of rotatable bonds is 4. The Bertz CT molecular complexity index is 2640. The first kappa shape index (κ1) is 27.5. The highest BCUT2D eigenvalue weighted by molar-refractivity contribution is 7.25. The van der Waals surface area contributed by atoms with Crippen LogP contribution in [0.2, 0.25) is 0 Å². The lowest BCUT2D eigenvalue weighted by Crippen LogP contribution is -2.12. The van der Waals surface area contributed by atoms with Crippen molar-refractivity contribution in [1.29, 1.82) is 0 Å². The fourth-order valence-corrected chi connectivity index (χ4v) is 9.08. The summed E-state index contributed by atoms with van der Waals surface area (Å²) in [5, 5.41) is 9.38. The van der Waals surface area contributed by atoms with Gasteiger partial charge in [-0.2, -0.15) is 0 Å². The molecule has 1 atom stereocenters. The minimum atomic E-state index is 0.152. The van der Waals surface area contributed by atoms with Crippen LogP contribution in [0.15, 0.2) is 158 Å². The fraction of sp³-hybridized carbons (Fsp3) is 0.0667. The fourth-order valence-electron chi connectivity index (χ4n) is 7.94. The van der Waals surface area contributed by atoms with E-state index in [1.807, 2.05) is 11.3 Å². The molecule has 0 bridgehead atoms. The Morgan fingerprint density at radius 1 is 0.542 bits per heavy atom. The van der Waals surface area contributed by atoms with Crippen LogP contribution >= 0.6 is 11.3 Å². The highest BCUT2D eigenvalue weighted by Crippen LogP contribution is 2.45. The summed E-state index contributed by atoms with van der Waals surface area (Å²) in [5.74, 6) is 0. The van der Waals surface area contributed by atoms with Gasteiger partial charge in [0.1, 0.15) is 0 Å². The van der Waals surface area contributed by atoms with Gasteiger partial charge in [0.2, 0.25) is 0 Å². The largest absolute Gasteiger partial charge is 0.376 e. The highest BCUT2D eigenvalue weighted by Gasteiger charge is 2.25. The molecule has 1 aliphatic rings. The molecule has 7 aromatic carbocycles. The van der Waals surface area contributed by atoms with Gasteiger partial charge in [-0.05, 0) is 88.7 Å². The Kier molecular flexibility index (Phi) is 6.28. The van der Waals surface area contributed by atoms with Crippen LogP contribution in [0.1, 0.15) is 23.6 Å². The molecule has 0 radical (unpaired) electrons. The number of nitrogens with one attached hydrogen (secondary N) is 1. The highest BCUT2D eigenvalue weighted by atomic mass is 32.1. The van der Waals surface area contributed by atoms with Crippen LogP contribution in [-0.4, -0.2) is 4.57 Å². The third-order valence-corrected chi connectivity index (χ3v) is 11.3. The first-order valence-corrected chi connectivity index (χ1v) is 17.6. The predicted octanol–water partition coefficient (Wildman–Crippen LogP) is 12.6. The molecule has 48 heavy (non-hydrogen) atoms. The zero-order chi connectivity index (χ0) is 31.6. The lowest BCUT2D eigenvalue weighted by atomic mass is 9.93. The van der Waals surface area contributed by atoms with Gasteiger partial charge >= 0.3 is 0 Å². The van der Waals surface area contributed by atoms with Gasteiger partial charge in [-0.3, -0.25) is 0 Å². The summed E-state index contributed by atoms with van der Waals surface area (Å²) in [5.41, 5.74) is 12.7. The molecule has 1 N–H and O–H groups in total. The van der Waals surface area contributed by atoms with Crippen LogP contribution in [0.25, 0.3) is 69.9 Å². The number of aryl methyl sites for hydroxylation is 1. The molecule has 9 aromatic rings. The van der Waals surface area contributed by atoms with E-state index >= 15 is 0 Å². The summed E-state index contributed by atoms with van der Waals surface area (Å²) >= 11 is 1.90. The first-order valence-electron chi connectivity index (χ1n) is 16.8. The van der Waals surface area contributed by atoms with Gasteiger partial charge in [0.05, 0.1) is 22.8 Å². The van der Waals surface area contributed by atoms with Crippen LogP contribution in [0.4, 0.5) is 5.69 Å². The summed E-state index contributed by atoms with van der Waals surface area (Å²) in [7, 11) is 0. The molecule has 0 saturated heterocycles. The molecule has 3 heteroatoms. The van der Waals surface area contributed by atoms with Gasteiger partial charge in [-0.15, -0.1) is 11.3 Å². The number of anilines is 1. The van der Waals surface area contributed by atoms with E-state index < -0.39 is 0 Å². The summed E-state index contributed by atoms with van der Waals surface area (Å²) in [6.45, 7) is 0. The van der Waals surface area contributed by atoms with E-state index in [0.717, 1.165) is 24.2 Å². The summed E-state index contributed by atoms with van der Waals surface area (Å²) in [6.07, 6.45) is 2.04. The Morgan fingerprint density at radius 2 is 1.27 bits per heavy atom. The van der Waals surface area contributed by atoms with Gasteiger partial charge in [-0.25, -0.2) is 0 Å². The van der Waals surface area contributed by atoms with Crippen molar-refractivity contribution >= 4 is 59.0 Å². The number of para-hydroxylation sites is 2. The van der Waals surface area contributed by atoms with Gasteiger partial charge in [0.15, 0.2) is 0 Å². The Balaban J connectivity index is 1.15. The second-order valence-corrected chi connectivity index (χ2v) is 14.0. The van der Waals surface area contributed by atoms with Gasteiger partial charge in [0, 0.05) is 36.6 Å². The minimum Gasteiger partial charge on any atom is -0.376 e. The average Bonchev–Trinajstić information content (AvgIpc) is 3.64. The van der Waals surface area contributed by atoms with Crippen molar-refractivity contribution in [2.45, 2.75) is 18.9 Å². The quantitative estimate of drug-likeness (QED) is 0.204. The maximum atomic E-state index is 4.15. The maximum absolute atomic E-state index is 4.15. The predicted molar refractivity (Wildman–Crippen MR) is 206 cm³/mol. The van der Waals surface area contributed by atoms with E-state index in [1.54, 1.807) is 0 Å². The van der Waals surface area contributed by atoms with Crippen molar-refractivity contribution in [2.24, 2.45) is 0 Å². The van der Waals surface area contributed by atoms with Crippen molar-refractivity contribution in [3.8, 4) is 27.9 Å². The molecular formula is C45H32N2S. The number of thiophene rings is 1. The number of hydrogen-bond acceptors (Lipinski definition) is 2. The van der Waals surface area contributed by atoms with Gasteiger partial charge in [0.25, 0.3) is 0 Å². The number of fused-ring (bicyclic) bond motifs is 9. The van der Waals surface area contributed by atoms with E-state index in [9.17, 15) is 0 Å². The van der Waals surface area contributed by atoms with Crippen molar-refractivity contribution in [3.63, 3.8) is 0 Å². The molecule has 2 aromatic heterocycles. The number of nitrogens with zero attached hydrogens (tertiary/aromatic N) is 1. The molecule has 10 rings (SSSR count). The molecule has 228 valence electrons. The van der Waals surface area contributed by atoms with Crippen molar-refractivity contribution in [2.75, 3.05) is 5.32 Å². The topological polar surface area (TPSA) is 17.0 Å². The monoisotopic (exact) mass is 632 g/mol. The maximum Gasteiger partial charge on any atom is 0.0773 e. The molecule has 2 heterocycles. The molecule has 2 nitrogen and oxygen atoms in total. The van der Waals surface area contributed by atoms with E-state index in [2.05, 4.69) is 168 Å². The standard InChI is InChI=1S/C45H32N2S/c1-2-11-29(12-3-1)30-21-24-32(25-22-30)47-42-19-8-6-15-34(42)36-17-10-18-41(45(36)47)46-40-26-23-31-13-4-5-14-33(31)37-27-39-35-16-7-9-20-43(35)48-44(39)28-38(37)40/h1-22,24-25,27-28,40,46H,23,26H2. The number of aromatic nitrogens is 1. The van der Waals surface area contributed by atoms with Crippen molar-refractivity contribution < 1.29 is 0 Å². The smallest absolute Gasteiger partial charge is 0.0773 e. The van der Waals surface area contributed by atoms with Gasteiger partial charge < -0.3 is 9.88 Å². The van der Waals surface area contributed by atoms with E-state index in [0.29, 0.717) is 0 Å². The molecule has 0 aliphatic heterocycles. The molecule has 0 saturated carbocycles. The molecule has 0 spiro atoms. The van der Waals surface area contributed by atoms with Crippen molar-refractivity contribution in [3.05, 3.63) is 169 Å². The van der Waals surface area contributed by atoms with Crippen LogP contribution in [0.3, 0.4) is 0 Å². The zero-order valence-electron chi connectivity index (χ0n) is 26.4. The third kappa shape index (κ3) is 4.32. The number of benzene rings is 7.